The van der Waals surface area contributed by atoms with Crippen LogP contribution in [-0.2, 0) is 0 Å². The number of benzene rings is 1. The van der Waals surface area contributed by atoms with E-state index in [9.17, 15) is 4.79 Å². The van der Waals surface area contributed by atoms with Gasteiger partial charge in [0.25, 0.3) is 0 Å². The van der Waals surface area contributed by atoms with Crippen LogP contribution in [0.25, 0.3) is 0 Å². The summed E-state index contributed by atoms with van der Waals surface area (Å²) < 4.78 is 10.3. The van der Waals surface area contributed by atoms with Crippen molar-refractivity contribution in [2.75, 3.05) is 14.2 Å². The monoisotopic (exact) mass is 218 g/mol. The van der Waals surface area contributed by atoms with Crippen LogP contribution >= 0.6 is 0 Å². The van der Waals surface area contributed by atoms with Crippen molar-refractivity contribution in [1.82, 2.24) is 0 Å². The number of Topliss-reactive ketones (excluding diaryl/α,β-unsaturated/α-hetero) is 1. The third-order valence-corrected chi connectivity index (χ3v) is 2.20. The molecule has 0 saturated heterocycles. The Hall–Kier alpha value is -1.95. The molecule has 0 amide bonds. The molecule has 3 heteroatoms. The number of ketones is 1. The molecule has 0 unspecified atom stereocenters. The van der Waals surface area contributed by atoms with Crippen LogP contribution in [0.4, 0.5) is 0 Å². The molecule has 0 spiro atoms. The van der Waals surface area contributed by atoms with Crippen molar-refractivity contribution in [3.8, 4) is 23.8 Å². The molecule has 0 bridgehead atoms. The molecule has 0 N–H and O–H groups in total. The maximum Gasteiger partial charge on any atom is 0.171 e. The fourth-order valence-corrected chi connectivity index (χ4v) is 1.44. The number of terminal acetylenes is 1. The second kappa shape index (κ2) is 5.82. The minimum atomic E-state index is -0.0627. The number of ether oxygens (including phenoxy) is 2. The lowest BCUT2D eigenvalue weighted by molar-refractivity contribution is 0.0978. The van der Waals surface area contributed by atoms with E-state index in [0.717, 1.165) is 0 Å². The average molecular weight is 218 g/mol. The zero-order valence-electron chi connectivity index (χ0n) is 9.45. The number of carbonyl (C=O) groups excluding carboxylic acids is 1. The molecular formula is C13H14O3. The molecule has 1 rings (SSSR count). The van der Waals surface area contributed by atoms with Crippen LogP contribution < -0.4 is 9.47 Å². The molecule has 0 heterocycles. The van der Waals surface area contributed by atoms with E-state index in [2.05, 4.69) is 5.92 Å². The summed E-state index contributed by atoms with van der Waals surface area (Å²) in [7, 11) is 3.04. The molecule has 0 radical (unpaired) electrons. The van der Waals surface area contributed by atoms with Crippen LogP contribution in [0.1, 0.15) is 23.2 Å². The molecule has 1 aromatic rings. The summed E-state index contributed by atoms with van der Waals surface area (Å²) in [6.07, 6.45) is 5.85. The average Bonchev–Trinajstić information content (AvgIpc) is 2.34. The van der Waals surface area contributed by atoms with E-state index >= 15 is 0 Å². The lowest BCUT2D eigenvalue weighted by atomic mass is 10.0. The number of rotatable bonds is 5. The van der Waals surface area contributed by atoms with E-state index in [1.165, 1.54) is 14.2 Å². The zero-order valence-corrected chi connectivity index (χ0v) is 9.45. The Bertz CT molecular complexity index is 393. The van der Waals surface area contributed by atoms with Crippen molar-refractivity contribution in [2.24, 2.45) is 0 Å². The number of carbonyl (C=O) groups is 1. The third-order valence-electron chi connectivity index (χ3n) is 2.20. The second-order valence-electron chi connectivity index (χ2n) is 3.16. The Balaban J connectivity index is 3.08. The van der Waals surface area contributed by atoms with E-state index < -0.39 is 0 Å². The van der Waals surface area contributed by atoms with Gasteiger partial charge in [0.05, 0.1) is 14.2 Å². The van der Waals surface area contributed by atoms with Crippen molar-refractivity contribution in [1.29, 1.82) is 0 Å². The molecule has 84 valence electrons. The highest BCUT2D eigenvalue weighted by Gasteiger charge is 2.16. The number of hydrogen-bond donors (Lipinski definition) is 0. The summed E-state index contributed by atoms with van der Waals surface area (Å²) in [5, 5.41) is 0. The summed E-state index contributed by atoms with van der Waals surface area (Å²) in [5.74, 6) is 3.41. The maximum atomic E-state index is 11.9. The van der Waals surface area contributed by atoms with Gasteiger partial charge >= 0.3 is 0 Å². The Kier molecular flexibility index (Phi) is 4.41. The Morgan fingerprint density at radius 3 is 2.31 bits per heavy atom. The smallest absolute Gasteiger partial charge is 0.171 e. The van der Waals surface area contributed by atoms with E-state index in [1.54, 1.807) is 18.2 Å². The van der Waals surface area contributed by atoms with Crippen molar-refractivity contribution in [3.63, 3.8) is 0 Å². The zero-order chi connectivity index (χ0) is 12.0. The summed E-state index contributed by atoms with van der Waals surface area (Å²) in [6.45, 7) is 0. The van der Waals surface area contributed by atoms with Crippen LogP contribution in [0.15, 0.2) is 18.2 Å². The van der Waals surface area contributed by atoms with Gasteiger partial charge in [-0.15, -0.1) is 12.3 Å². The highest BCUT2D eigenvalue weighted by Crippen LogP contribution is 2.29. The normalized spacial score (nSPS) is 9.31. The van der Waals surface area contributed by atoms with Gasteiger partial charge < -0.3 is 9.47 Å². The first-order chi connectivity index (χ1) is 7.74. The highest BCUT2D eigenvalue weighted by atomic mass is 16.5. The topological polar surface area (TPSA) is 35.5 Å². The molecule has 16 heavy (non-hydrogen) atoms. The minimum Gasteiger partial charge on any atom is -0.496 e. The Morgan fingerprint density at radius 2 is 1.88 bits per heavy atom. The van der Waals surface area contributed by atoms with E-state index in [1.807, 2.05) is 0 Å². The molecule has 0 aliphatic carbocycles. The molecule has 3 nitrogen and oxygen atoms in total. The van der Waals surface area contributed by atoms with Crippen LogP contribution in [-0.4, -0.2) is 20.0 Å². The Labute approximate surface area is 95.4 Å². The van der Waals surface area contributed by atoms with Gasteiger partial charge in [-0.2, -0.15) is 0 Å². The lowest BCUT2D eigenvalue weighted by Crippen LogP contribution is -2.04. The van der Waals surface area contributed by atoms with Crippen molar-refractivity contribution in [2.45, 2.75) is 12.8 Å². The van der Waals surface area contributed by atoms with Gasteiger partial charge in [-0.3, -0.25) is 4.79 Å². The van der Waals surface area contributed by atoms with E-state index in [4.69, 9.17) is 15.9 Å². The highest BCUT2D eigenvalue weighted by molar-refractivity contribution is 6.01. The molecule has 0 atom stereocenters. The number of methoxy groups -OCH3 is 2. The van der Waals surface area contributed by atoms with Crippen LogP contribution in [0.3, 0.4) is 0 Å². The second-order valence-corrected chi connectivity index (χ2v) is 3.16. The van der Waals surface area contributed by atoms with Gasteiger partial charge in [0.1, 0.15) is 17.1 Å². The first-order valence-corrected chi connectivity index (χ1v) is 4.92. The summed E-state index contributed by atoms with van der Waals surface area (Å²) in [4.78, 5) is 11.9. The van der Waals surface area contributed by atoms with Gasteiger partial charge in [-0.1, -0.05) is 6.07 Å². The molecule has 0 aromatic heterocycles. The van der Waals surface area contributed by atoms with Crippen LogP contribution in [0.2, 0.25) is 0 Å². The van der Waals surface area contributed by atoms with E-state index in [0.29, 0.717) is 29.9 Å². The maximum absolute atomic E-state index is 11.9. The summed E-state index contributed by atoms with van der Waals surface area (Å²) >= 11 is 0. The fourth-order valence-electron chi connectivity index (χ4n) is 1.44. The standard InChI is InChI=1S/C13H14O3/c1-4-5-7-10(14)13-11(15-2)8-6-9-12(13)16-3/h1,6,8-9H,5,7H2,2-3H3. The van der Waals surface area contributed by atoms with Gasteiger partial charge in [0.15, 0.2) is 5.78 Å². The molecule has 1 aromatic carbocycles. The predicted molar refractivity (Wildman–Crippen MR) is 61.9 cm³/mol. The quantitative estimate of drug-likeness (QED) is 0.562. The van der Waals surface area contributed by atoms with Crippen molar-refractivity contribution < 1.29 is 14.3 Å². The van der Waals surface area contributed by atoms with Gasteiger partial charge in [0, 0.05) is 12.8 Å². The SMILES string of the molecule is C#CCCC(=O)c1c(OC)cccc1OC. The van der Waals surface area contributed by atoms with Crippen molar-refractivity contribution >= 4 is 5.78 Å². The fraction of sp³-hybridized carbons (Fsp3) is 0.308. The third kappa shape index (κ3) is 2.54. The van der Waals surface area contributed by atoms with Crippen LogP contribution in [0, 0.1) is 12.3 Å². The van der Waals surface area contributed by atoms with Gasteiger partial charge in [0.2, 0.25) is 0 Å². The number of hydrogen-bond acceptors (Lipinski definition) is 3. The molecule has 0 saturated carbocycles. The van der Waals surface area contributed by atoms with Crippen LogP contribution in [0.5, 0.6) is 11.5 Å². The first kappa shape index (κ1) is 12.1. The molecule has 0 aliphatic heterocycles. The molecular weight excluding hydrogens is 204 g/mol. The molecule has 0 fully saturated rings. The lowest BCUT2D eigenvalue weighted by Gasteiger charge is -2.11. The van der Waals surface area contributed by atoms with Gasteiger partial charge in [-0.05, 0) is 12.1 Å². The summed E-state index contributed by atoms with van der Waals surface area (Å²) in [5.41, 5.74) is 0.461. The predicted octanol–water partition coefficient (Wildman–Crippen LogP) is 2.30. The van der Waals surface area contributed by atoms with Gasteiger partial charge in [-0.25, -0.2) is 0 Å². The molecule has 0 aliphatic rings. The first-order valence-electron chi connectivity index (χ1n) is 4.92. The van der Waals surface area contributed by atoms with E-state index in [-0.39, 0.29) is 5.78 Å². The van der Waals surface area contributed by atoms with Crippen molar-refractivity contribution in [3.05, 3.63) is 23.8 Å². The summed E-state index contributed by atoms with van der Waals surface area (Å²) in [6, 6.07) is 5.23. The minimum absolute atomic E-state index is 0.0627. The largest absolute Gasteiger partial charge is 0.496 e. The Morgan fingerprint density at radius 1 is 1.31 bits per heavy atom.